The predicted octanol–water partition coefficient (Wildman–Crippen LogP) is 3.96. The summed E-state index contributed by atoms with van der Waals surface area (Å²) in [6, 6.07) is 7.22. The van der Waals surface area contributed by atoms with Crippen molar-refractivity contribution in [2.45, 2.75) is 39.0 Å². The van der Waals surface area contributed by atoms with Gasteiger partial charge in [0.05, 0.1) is 12.8 Å². The number of benzene rings is 1. The number of nitrogens with one attached hydrogen (secondary N) is 1. The maximum absolute atomic E-state index is 12.7. The summed E-state index contributed by atoms with van der Waals surface area (Å²) in [5.74, 6) is 2.01. The molecule has 156 valence electrons. The Morgan fingerprint density at radius 1 is 1.17 bits per heavy atom. The quantitative estimate of drug-likeness (QED) is 0.646. The van der Waals surface area contributed by atoms with Crippen LogP contribution in [0.25, 0.3) is 0 Å². The van der Waals surface area contributed by atoms with Crippen molar-refractivity contribution in [1.82, 2.24) is 9.97 Å². The molecule has 0 atom stereocenters. The van der Waals surface area contributed by atoms with Crippen LogP contribution < -0.4 is 19.9 Å². The van der Waals surface area contributed by atoms with Crippen LogP contribution in [0, 0.1) is 0 Å². The monoisotopic (exact) mass is 397 g/mol. The van der Waals surface area contributed by atoms with E-state index in [4.69, 9.17) is 4.74 Å². The molecule has 7 nitrogen and oxygen atoms in total. The van der Waals surface area contributed by atoms with Gasteiger partial charge >= 0.3 is 0 Å². The van der Waals surface area contributed by atoms with E-state index in [0.29, 0.717) is 29.6 Å². The molecule has 0 aliphatic carbocycles. The molecule has 1 saturated heterocycles. The molecular formula is C22H31N5O2. The molecule has 1 aliphatic rings. The highest BCUT2D eigenvalue weighted by Gasteiger charge is 2.19. The Kier molecular flexibility index (Phi) is 7.27. The van der Waals surface area contributed by atoms with E-state index in [1.807, 2.05) is 31.1 Å². The molecule has 0 saturated carbocycles. The molecule has 1 amide bonds. The third kappa shape index (κ3) is 5.59. The number of unbranched alkanes of at least 4 members (excludes halogenated alkanes) is 2. The Morgan fingerprint density at radius 2 is 1.90 bits per heavy atom. The summed E-state index contributed by atoms with van der Waals surface area (Å²) in [4.78, 5) is 25.9. The van der Waals surface area contributed by atoms with Crippen LogP contribution in [0.5, 0.6) is 5.75 Å². The molecule has 1 N–H and O–H groups in total. The van der Waals surface area contributed by atoms with Gasteiger partial charge in [-0.2, -0.15) is 4.98 Å². The highest BCUT2D eigenvalue weighted by atomic mass is 16.5. The zero-order chi connectivity index (χ0) is 20.6. The van der Waals surface area contributed by atoms with Crippen LogP contribution in [0.4, 0.5) is 17.5 Å². The van der Waals surface area contributed by atoms with Gasteiger partial charge in [-0.25, -0.2) is 4.98 Å². The number of hydrogen-bond donors (Lipinski definition) is 1. The van der Waals surface area contributed by atoms with E-state index in [0.717, 1.165) is 44.5 Å². The van der Waals surface area contributed by atoms with Crippen molar-refractivity contribution in [3.8, 4) is 5.75 Å². The van der Waals surface area contributed by atoms with Crippen molar-refractivity contribution in [3.05, 3.63) is 36.0 Å². The lowest BCUT2D eigenvalue weighted by atomic mass is 10.2. The smallest absolute Gasteiger partial charge is 0.255 e. The first-order valence-electron chi connectivity index (χ1n) is 10.4. The van der Waals surface area contributed by atoms with E-state index in [1.165, 1.54) is 6.42 Å². The predicted molar refractivity (Wildman–Crippen MR) is 117 cm³/mol. The van der Waals surface area contributed by atoms with Crippen molar-refractivity contribution in [2.75, 3.05) is 48.9 Å². The molecule has 1 aromatic carbocycles. The molecule has 29 heavy (non-hydrogen) atoms. The number of carbonyl (C=O) groups excluding carboxylic acids is 1. The molecule has 1 aliphatic heterocycles. The number of aromatic nitrogens is 2. The molecule has 0 unspecified atom stereocenters. The molecule has 2 heterocycles. The number of rotatable bonds is 9. The van der Waals surface area contributed by atoms with Gasteiger partial charge in [-0.1, -0.05) is 19.8 Å². The van der Waals surface area contributed by atoms with Gasteiger partial charge in [-0.15, -0.1) is 0 Å². The number of anilines is 3. The molecule has 0 bridgehead atoms. The van der Waals surface area contributed by atoms with Gasteiger partial charge in [0.25, 0.3) is 5.91 Å². The zero-order valence-corrected chi connectivity index (χ0v) is 17.6. The fourth-order valence-electron chi connectivity index (χ4n) is 3.30. The molecule has 7 heteroatoms. The lowest BCUT2D eigenvalue weighted by molar-refractivity contribution is 0.102. The normalized spacial score (nSPS) is 13.4. The minimum absolute atomic E-state index is 0.192. The second-order valence-corrected chi connectivity index (χ2v) is 7.53. The van der Waals surface area contributed by atoms with Gasteiger partial charge < -0.3 is 19.9 Å². The molecule has 1 aromatic heterocycles. The van der Waals surface area contributed by atoms with E-state index in [2.05, 4.69) is 27.1 Å². The number of nitrogens with zero attached hydrogens (tertiary/aromatic N) is 4. The van der Waals surface area contributed by atoms with Crippen LogP contribution >= 0.6 is 0 Å². The molecular weight excluding hydrogens is 366 g/mol. The van der Waals surface area contributed by atoms with Crippen LogP contribution in [-0.4, -0.2) is 49.7 Å². The number of amides is 1. The Balaban J connectivity index is 1.66. The summed E-state index contributed by atoms with van der Waals surface area (Å²) in [7, 11) is 3.83. The summed E-state index contributed by atoms with van der Waals surface area (Å²) in [5.41, 5.74) is 1.17. The Labute approximate surface area is 173 Å². The number of carbonyl (C=O) groups is 1. The average Bonchev–Trinajstić information content (AvgIpc) is 3.26. The minimum atomic E-state index is -0.192. The SMILES string of the molecule is CCCCCOc1ccc(C(=O)Nc2cnc(N3CCCC3)nc2N(C)C)cc1. The molecule has 1 fully saturated rings. The van der Waals surface area contributed by atoms with E-state index in [1.54, 1.807) is 18.3 Å². The summed E-state index contributed by atoms with van der Waals surface area (Å²) < 4.78 is 5.71. The van der Waals surface area contributed by atoms with Gasteiger partial charge in [-0.05, 0) is 43.5 Å². The van der Waals surface area contributed by atoms with Gasteiger partial charge in [0.2, 0.25) is 5.95 Å². The fraction of sp³-hybridized carbons (Fsp3) is 0.500. The summed E-state index contributed by atoms with van der Waals surface area (Å²) in [6.45, 7) is 4.82. The molecule has 0 radical (unpaired) electrons. The highest BCUT2D eigenvalue weighted by molar-refractivity contribution is 6.05. The molecule has 2 aromatic rings. The summed E-state index contributed by atoms with van der Waals surface area (Å²) >= 11 is 0. The van der Waals surface area contributed by atoms with Gasteiger partial charge in [-0.3, -0.25) is 4.79 Å². The maximum atomic E-state index is 12.7. The lowest BCUT2D eigenvalue weighted by Gasteiger charge is -2.21. The Morgan fingerprint density at radius 3 is 2.55 bits per heavy atom. The third-order valence-electron chi connectivity index (χ3n) is 4.95. The van der Waals surface area contributed by atoms with Crippen molar-refractivity contribution in [3.63, 3.8) is 0 Å². The van der Waals surface area contributed by atoms with Crippen molar-refractivity contribution >= 4 is 23.4 Å². The first-order valence-corrected chi connectivity index (χ1v) is 10.4. The number of ether oxygens (including phenoxy) is 1. The largest absolute Gasteiger partial charge is 0.494 e. The number of hydrogen-bond acceptors (Lipinski definition) is 6. The van der Waals surface area contributed by atoms with Gasteiger partial charge in [0, 0.05) is 32.7 Å². The summed E-state index contributed by atoms with van der Waals surface area (Å²) in [6.07, 6.45) is 7.39. The van der Waals surface area contributed by atoms with Gasteiger partial charge in [0.15, 0.2) is 5.82 Å². The van der Waals surface area contributed by atoms with E-state index in [9.17, 15) is 4.79 Å². The highest BCUT2D eigenvalue weighted by Crippen LogP contribution is 2.26. The topological polar surface area (TPSA) is 70.6 Å². The van der Waals surface area contributed by atoms with Crippen LogP contribution in [0.3, 0.4) is 0 Å². The van der Waals surface area contributed by atoms with E-state index >= 15 is 0 Å². The van der Waals surface area contributed by atoms with Crippen molar-refractivity contribution in [1.29, 1.82) is 0 Å². The lowest BCUT2D eigenvalue weighted by Crippen LogP contribution is -2.23. The first-order chi connectivity index (χ1) is 14.1. The van der Waals surface area contributed by atoms with E-state index in [-0.39, 0.29) is 5.91 Å². The second kappa shape index (κ2) is 10.1. The fourth-order valence-corrected chi connectivity index (χ4v) is 3.30. The molecule has 3 rings (SSSR count). The minimum Gasteiger partial charge on any atom is -0.494 e. The Hall–Kier alpha value is -2.83. The van der Waals surface area contributed by atoms with Crippen LogP contribution in [0.1, 0.15) is 49.4 Å². The van der Waals surface area contributed by atoms with Crippen LogP contribution in [-0.2, 0) is 0 Å². The van der Waals surface area contributed by atoms with Crippen molar-refractivity contribution < 1.29 is 9.53 Å². The second-order valence-electron chi connectivity index (χ2n) is 7.53. The van der Waals surface area contributed by atoms with Crippen molar-refractivity contribution in [2.24, 2.45) is 0 Å². The average molecular weight is 398 g/mol. The van der Waals surface area contributed by atoms with Crippen LogP contribution in [0.15, 0.2) is 30.5 Å². The standard InChI is InChI=1S/C22H31N5O2/c1-4-5-8-15-29-18-11-9-17(10-12-18)21(28)24-19-16-23-22(25-20(19)26(2)3)27-13-6-7-14-27/h9-12,16H,4-8,13-15H2,1-3H3,(H,24,28). The summed E-state index contributed by atoms with van der Waals surface area (Å²) in [5, 5.41) is 2.94. The Bertz CT molecular complexity index is 801. The first kappa shape index (κ1) is 20.9. The van der Waals surface area contributed by atoms with Crippen LogP contribution in [0.2, 0.25) is 0 Å². The van der Waals surface area contributed by atoms with Gasteiger partial charge in [0.1, 0.15) is 11.4 Å². The zero-order valence-electron chi connectivity index (χ0n) is 17.6. The van der Waals surface area contributed by atoms with E-state index < -0.39 is 0 Å². The maximum Gasteiger partial charge on any atom is 0.255 e. The third-order valence-corrected chi connectivity index (χ3v) is 4.95. The molecule has 0 spiro atoms.